The van der Waals surface area contributed by atoms with Gasteiger partial charge in [0.05, 0.1) is 0 Å². The van der Waals surface area contributed by atoms with Gasteiger partial charge in [-0.25, -0.2) is 4.31 Å². The predicted octanol–water partition coefficient (Wildman–Crippen LogP) is 1.82. The highest BCUT2D eigenvalue weighted by atomic mass is 32.3. The summed E-state index contributed by atoms with van der Waals surface area (Å²) < 4.78 is 23.8. The van der Waals surface area contributed by atoms with Crippen molar-refractivity contribution in [1.82, 2.24) is 4.31 Å². The molecule has 0 aliphatic carbocycles. The summed E-state index contributed by atoms with van der Waals surface area (Å²) in [6.45, 7) is 3.31. The minimum Gasteiger partial charge on any atom is -0.290 e. The zero-order valence-electron chi connectivity index (χ0n) is 10.1. The largest absolute Gasteiger partial charge is 0.290 e. The van der Waals surface area contributed by atoms with E-state index in [1.807, 2.05) is 0 Å². The maximum atomic E-state index is 12.1. The van der Waals surface area contributed by atoms with E-state index in [0.717, 1.165) is 6.42 Å². The second-order valence-electron chi connectivity index (χ2n) is 5.09. The van der Waals surface area contributed by atoms with Gasteiger partial charge in [-0.3, -0.25) is 4.55 Å². The molecule has 1 aliphatic rings. The Morgan fingerprint density at radius 3 is 2.62 bits per heavy atom. The molecule has 1 heterocycles. The first-order chi connectivity index (χ1) is 7.22. The third-order valence-electron chi connectivity index (χ3n) is 3.08. The summed E-state index contributed by atoms with van der Waals surface area (Å²) in [6, 6.07) is 6.30. The molecule has 1 N–H and O–H groups in total. The van der Waals surface area contributed by atoms with E-state index in [9.17, 15) is 8.76 Å². The number of hydrogen-bond donors (Lipinski definition) is 1. The molecular weight excluding hydrogens is 222 g/mol. The summed E-state index contributed by atoms with van der Waals surface area (Å²) >= 11 is 0. The van der Waals surface area contributed by atoms with Gasteiger partial charge in [0.25, 0.3) is 0 Å². The molecule has 0 aromatic heterocycles. The van der Waals surface area contributed by atoms with E-state index >= 15 is 0 Å². The minimum atomic E-state index is -3.57. The lowest BCUT2D eigenvalue weighted by molar-refractivity contribution is 0.349. The van der Waals surface area contributed by atoms with Crippen LogP contribution in [-0.2, 0) is 22.5 Å². The number of aryl methyl sites for hydroxylation is 1. The van der Waals surface area contributed by atoms with E-state index in [-0.39, 0.29) is 0 Å². The molecular formula is C12H19NO2S. The van der Waals surface area contributed by atoms with Crippen LogP contribution in [-0.4, -0.2) is 32.1 Å². The maximum absolute atomic E-state index is 12.1. The Labute approximate surface area is 96.8 Å². The van der Waals surface area contributed by atoms with Gasteiger partial charge in [-0.15, -0.1) is 9.53 Å². The topological polar surface area (TPSA) is 40.5 Å². The first-order valence-corrected chi connectivity index (χ1v) is 8.12. The van der Waals surface area contributed by atoms with Crippen molar-refractivity contribution in [3.05, 3.63) is 34.9 Å². The average Bonchev–Trinajstić information content (AvgIpc) is 2.14. The van der Waals surface area contributed by atoms with Crippen molar-refractivity contribution >= 4 is 9.53 Å². The fourth-order valence-electron chi connectivity index (χ4n) is 2.10. The lowest BCUT2D eigenvalue weighted by Gasteiger charge is -2.47. The lowest BCUT2D eigenvalue weighted by Crippen LogP contribution is -2.50. The molecule has 0 saturated carbocycles. The van der Waals surface area contributed by atoms with Crippen LogP contribution in [0.1, 0.15) is 16.7 Å². The molecule has 1 aliphatic heterocycles. The number of nitrogens with zero attached hydrogens (tertiary/aromatic N) is 1. The highest BCUT2D eigenvalue weighted by Crippen LogP contribution is 2.28. The van der Waals surface area contributed by atoms with E-state index in [1.165, 1.54) is 29.2 Å². The van der Waals surface area contributed by atoms with E-state index in [4.69, 9.17) is 0 Å². The van der Waals surface area contributed by atoms with E-state index < -0.39 is 9.53 Å². The van der Waals surface area contributed by atoms with Crippen LogP contribution in [0.15, 0.2) is 18.2 Å². The summed E-state index contributed by atoms with van der Waals surface area (Å²) in [4.78, 5) is 0. The van der Waals surface area contributed by atoms with Crippen molar-refractivity contribution in [2.75, 3.05) is 19.1 Å². The Morgan fingerprint density at radius 1 is 1.31 bits per heavy atom. The Balaban J connectivity index is 2.32. The molecule has 0 bridgehead atoms. The van der Waals surface area contributed by atoms with Crippen molar-refractivity contribution in [3.63, 3.8) is 0 Å². The standard InChI is InChI=1S/C12H19NO2S/c1-10-4-5-12-9-13(16(2,3,14)15)7-6-11(12)8-10/h4-5,8H,6-7,9H2,1-3H3,(H,14,15). The molecule has 0 spiro atoms. The molecule has 1 aromatic rings. The van der Waals surface area contributed by atoms with E-state index in [2.05, 4.69) is 25.1 Å². The number of fused-ring (bicyclic) bond motifs is 1. The number of hydrogen-bond acceptors (Lipinski definition) is 1. The summed E-state index contributed by atoms with van der Waals surface area (Å²) in [5, 5.41) is 0. The molecule has 0 amide bonds. The van der Waals surface area contributed by atoms with Crippen LogP contribution >= 0.6 is 0 Å². The molecule has 0 saturated heterocycles. The maximum Gasteiger partial charge on any atom is 0.0425 e. The molecule has 0 radical (unpaired) electrons. The molecule has 0 fully saturated rings. The van der Waals surface area contributed by atoms with Gasteiger partial charge in [0, 0.05) is 25.6 Å². The third kappa shape index (κ3) is 2.34. The van der Waals surface area contributed by atoms with Gasteiger partial charge in [-0.1, -0.05) is 23.8 Å². The van der Waals surface area contributed by atoms with Gasteiger partial charge < -0.3 is 0 Å². The number of benzene rings is 1. The van der Waals surface area contributed by atoms with Crippen molar-refractivity contribution in [2.45, 2.75) is 19.9 Å². The van der Waals surface area contributed by atoms with Gasteiger partial charge in [0.2, 0.25) is 0 Å². The summed E-state index contributed by atoms with van der Waals surface area (Å²) in [5.74, 6) is 0. The van der Waals surface area contributed by atoms with Crippen molar-refractivity contribution in [2.24, 2.45) is 0 Å². The highest BCUT2D eigenvalue weighted by molar-refractivity contribution is 8.11. The highest BCUT2D eigenvalue weighted by Gasteiger charge is 2.28. The first kappa shape index (κ1) is 11.8. The second-order valence-corrected chi connectivity index (χ2v) is 9.01. The van der Waals surface area contributed by atoms with Crippen LogP contribution in [0.25, 0.3) is 0 Å². The van der Waals surface area contributed by atoms with Crippen LogP contribution < -0.4 is 0 Å². The normalized spacial score (nSPS) is 19.9. The molecule has 4 heteroatoms. The van der Waals surface area contributed by atoms with Gasteiger partial charge in [0.1, 0.15) is 0 Å². The Bertz CT molecular complexity index is 479. The smallest absolute Gasteiger partial charge is 0.0425 e. The second kappa shape index (κ2) is 3.39. The SMILES string of the molecule is Cc1ccc2c(c1)CCN(S(C)(C)(=O)O)C2. The fraction of sp³-hybridized carbons (Fsp3) is 0.500. The van der Waals surface area contributed by atoms with Crippen LogP contribution in [0.4, 0.5) is 0 Å². The van der Waals surface area contributed by atoms with Crippen molar-refractivity contribution in [1.29, 1.82) is 0 Å². The third-order valence-corrected chi connectivity index (χ3v) is 4.86. The fourth-order valence-corrected chi connectivity index (χ4v) is 3.22. The Kier molecular flexibility index (Phi) is 2.49. The van der Waals surface area contributed by atoms with Crippen LogP contribution in [0.2, 0.25) is 0 Å². The van der Waals surface area contributed by atoms with Gasteiger partial charge in [-0.05, 0) is 24.5 Å². The van der Waals surface area contributed by atoms with Crippen LogP contribution in [0, 0.1) is 6.92 Å². The van der Waals surface area contributed by atoms with E-state index in [0.29, 0.717) is 13.1 Å². The molecule has 2 rings (SSSR count). The predicted molar refractivity (Wildman–Crippen MR) is 67.9 cm³/mol. The summed E-state index contributed by atoms with van der Waals surface area (Å²) in [5.41, 5.74) is 3.74. The lowest BCUT2D eigenvalue weighted by atomic mass is 9.99. The van der Waals surface area contributed by atoms with Crippen LogP contribution in [0.5, 0.6) is 0 Å². The molecule has 90 valence electrons. The molecule has 0 unspecified atom stereocenters. The zero-order chi connectivity index (χ0) is 12.0. The quantitative estimate of drug-likeness (QED) is 0.815. The molecule has 3 nitrogen and oxygen atoms in total. The van der Waals surface area contributed by atoms with Crippen LogP contribution in [0.3, 0.4) is 0 Å². The molecule has 1 aromatic carbocycles. The van der Waals surface area contributed by atoms with Crippen molar-refractivity contribution in [3.8, 4) is 0 Å². The van der Waals surface area contributed by atoms with Crippen molar-refractivity contribution < 1.29 is 8.76 Å². The molecule has 0 atom stereocenters. The first-order valence-electron chi connectivity index (χ1n) is 5.43. The van der Waals surface area contributed by atoms with E-state index in [1.54, 1.807) is 4.31 Å². The van der Waals surface area contributed by atoms with Gasteiger partial charge in [0.15, 0.2) is 0 Å². The monoisotopic (exact) mass is 241 g/mol. The minimum absolute atomic E-state index is 0.574. The number of rotatable bonds is 1. The Hall–Kier alpha value is -0.710. The molecule has 16 heavy (non-hydrogen) atoms. The zero-order valence-corrected chi connectivity index (χ0v) is 10.9. The summed E-state index contributed by atoms with van der Waals surface area (Å²) in [7, 11) is -3.57. The van der Waals surface area contributed by atoms with Gasteiger partial charge >= 0.3 is 0 Å². The summed E-state index contributed by atoms with van der Waals surface area (Å²) in [6.07, 6.45) is 3.71. The Morgan fingerprint density at radius 2 is 2.00 bits per heavy atom. The van der Waals surface area contributed by atoms with Gasteiger partial charge in [-0.2, -0.15) is 4.21 Å². The average molecular weight is 241 g/mol.